The topological polar surface area (TPSA) is 17.1 Å². The van der Waals surface area contributed by atoms with E-state index in [1.807, 2.05) is 0 Å². The smallest absolute Gasteiger partial charge is 0.133 e. The van der Waals surface area contributed by atoms with Gasteiger partial charge in [-0.25, -0.2) is 0 Å². The first-order valence-electron chi connectivity index (χ1n) is 4.82. The molecule has 0 bridgehead atoms. The molecule has 2 atom stereocenters. The molecule has 0 N–H and O–H groups in total. The molecule has 0 radical (unpaired) electrons. The molecule has 2 unspecified atom stereocenters. The molecule has 0 aliphatic heterocycles. The quantitative estimate of drug-likeness (QED) is 0.671. The lowest BCUT2D eigenvalue weighted by molar-refractivity contribution is -0.121. The Hall–Kier alpha value is -0.630. The third-order valence-electron chi connectivity index (χ3n) is 2.92. The first-order valence-corrected chi connectivity index (χ1v) is 5.70. The average molecular weight is 194 g/mol. The Kier molecular flexibility index (Phi) is 2.49. The molecule has 2 rings (SSSR count). The minimum Gasteiger partial charge on any atom is -0.300 e. The van der Waals surface area contributed by atoms with Gasteiger partial charge < -0.3 is 0 Å². The zero-order chi connectivity index (χ0) is 9.26. The summed E-state index contributed by atoms with van der Waals surface area (Å²) in [6, 6.07) is 4.23. The normalized spacial score (nSPS) is 29.2. The minimum atomic E-state index is 0.441. The van der Waals surface area contributed by atoms with Gasteiger partial charge in [-0.2, -0.15) is 0 Å². The molecule has 0 aromatic carbocycles. The van der Waals surface area contributed by atoms with Gasteiger partial charge in [0, 0.05) is 23.6 Å². The van der Waals surface area contributed by atoms with Gasteiger partial charge >= 0.3 is 0 Å². The van der Waals surface area contributed by atoms with Gasteiger partial charge in [0.1, 0.15) is 5.78 Å². The number of thiophene rings is 1. The molecule has 2 heteroatoms. The molecule has 70 valence electrons. The van der Waals surface area contributed by atoms with Crippen molar-refractivity contribution in [3.05, 3.63) is 22.4 Å². The van der Waals surface area contributed by atoms with E-state index in [1.54, 1.807) is 11.3 Å². The van der Waals surface area contributed by atoms with Crippen LogP contribution >= 0.6 is 11.3 Å². The lowest BCUT2D eigenvalue weighted by atomic mass is 9.79. The first kappa shape index (κ1) is 8.95. The van der Waals surface area contributed by atoms with Crippen molar-refractivity contribution in [3.8, 4) is 0 Å². The van der Waals surface area contributed by atoms with Crippen molar-refractivity contribution < 1.29 is 4.79 Å². The second kappa shape index (κ2) is 3.62. The molecule has 13 heavy (non-hydrogen) atoms. The fourth-order valence-electron chi connectivity index (χ4n) is 2.02. The lowest BCUT2D eigenvalue weighted by Gasteiger charge is -2.26. The fraction of sp³-hybridized carbons (Fsp3) is 0.545. The van der Waals surface area contributed by atoms with Crippen LogP contribution in [-0.4, -0.2) is 5.78 Å². The number of Topliss-reactive ketones (excluding diaryl/α,β-unsaturated/α-hetero) is 1. The van der Waals surface area contributed by atoms with Crippen molar-refractivity contribution >= 4 is 17.1 Å². The van der Waals surface area contributed by atoms with E-state index < -0.39 is 0 Å². The molecule has 1 saturated carbocycles. The Labute approximate surface area is 82.8 Å². The maximum Gasteiger partial charge on any atom is 0.133 e. The number of carbonyl (C=O) groups excluding carboxylic acids is 1. The Morgan fingerprint density at radius 3 is 3.08 bits per heavy atom. The highest BCUT2D eigenvalue weighted by Gasteiger charge is 2.27. The van der Waals surface area contributed by atoms with Gasteiger partial charge in [-0.3, -0.25) is 4.79 Å². The number of ketones is 1. The van der Waals surface area contributed by atoms with Gasteiger partial charge in [0.05, 0.1) is 0 Å². The summed E-state index contributed by atoms with van der Waals surface area (Å²) in [5.41, 5.74) is 0. The van der Waals surface area contributed by atoms with E-state index in [4.69, 9.17) is 0 Å². The standard InChI is InChI=1S/C11H14OS/c1-8-4-5-9(12)7-10(8)11-3-2-6-13-11/h2-3,6,8,10H,4-5,7H2,1H3. The summed E-state index contributed by atoms with van der Waals surface area (Å²) in [5.74, 6) is 1.62. The van der Waals surface area contributed by atoms with Crippen molar-refractivity contribution in [3.63, 3.8) is 0 Å². The van der Waals surface area contributed by atoms with Crippen LogP contribution in [0.5, 0.6) is 0 Å². The molecule has 1 aromatic heterocycles. The summed E-state index contributed by atoms with van der Waals surface area (Å²) in [4.78, 5) is 12.7. The predicted octanol–water partition coefficient (Wildman–Crippen LogP) is 3.22. The molecular formula is C11H14OS. The fourth-order valence-corrected chi connectivity index (χ4v) is 2.98. The summed E-state index contributed by atoms with van der Waals surface area (Å²) in [6.45, 7) is 2.26. The molecular weight excluding hydrogens is 180 g/mol. The van der Waals surface area contributed by atoms with Crippen LogP contribution in [0, 0.1) is 5.92 Å². The third-order valence-corrected chi connectivity index (χ3v) is 3.93. The summed E-state index contributed by atoms with van der Waals surface area (Å²) in [6.07, 6.45) is 2.63. The molecule has 1 nitrogen and oxygen atoms in total. The van der Waals surface area contributed by atoms with E-state index >= 15 is 0 Å². The first-order chi connectivity index (χ1) is 6.27. The lowest BCUT2D eigenvalue weighted by Crippen LogP contribution is -2.20. The number of hydrogen-bond donors (Lipinski definition) is 0. The number of hydrogen-bond acceptors (Lipinski definition) is 2. The minimum absolute atomic E-state index is 0.441. The van der Waals surface area contributed by atoms with Crippen molar-refractivity contribution in [1.29, 1.82) is 0 Å². The number of carbonyl (C=O) groups is 1. The maximum atomic E-state index is 11.3. The zero-order valence-electron chi connectivity index (χ0n) is 7.82. The molecule has 0 amide bonds. The Bertz CT molecular complexity index is 289. The highest BCUT2D eigenvalue weighted by molar-refractivity contribution is 7.10. The van der Waals surface area contributed by atoms with Crippen LogP contribution in [0.1, 0.15) is 37.0 Å². The van der Waals surface area contributed by atoms with Crippen LogP contribution in [0.25, 0.3) is 0 Å². The van der Waals surface area contributed by atoms with Crippen LogP contribution in [0.4, 0.5) is 0 Å². The van der Waals surface area contributed by atoms with Crippen LogP contribution in [0.2, 0.25) is 0 Å². The van der Waals surface area contributed by atoms with Crippen LogP contribution in [0.3, 0.4) is 0 Å². The van der Waals surface area contributed by atoms with Crippen molar-refractivity contribution in [2.24, 2.45) is 5.92 Å². The molecule has 1 aliphatic rings. The van der Waals surface area contributed by atoms with Crippen LogP contribution in [-0.2, 0) is 4.79 Å². The van der Waals surface area contributed by atoms with Gasteiger partial charge in [0.15, 0.2) is 0 Å². The predicted molar refractivity (Wildman–Crippen MR) is 55.1 cm³/mol. The molecule has 1 aromatic rings. The molecule has 1 heterocycles. The largest absolute Gasteiger partial charge is 0.300 e. The average Bonchev–Trinajstić information content (AvgIpc) is 2.61. The van der Waals surface area contributed by atoms with E-state index in [2.05, 4.69) is 24.4 Å². The van der Waals surface area contributed by atoms with Gasteiger partial charge in [-0.05, 0) is 23.8 Å². The SMILES string of the molecule is CC1CCC(=O)CC1c1cccs1. The van der Waals surface area contributed by atoms with Crippen molar-refractivity contribution in [2.45, 2.75) is 32.1 Å². The van der Waals surface area contributed by atoms with Crippen LogP contribution in [0.15, 0.2) is 17.5 Å². The second-order valence-electron chi connectivity index (χ2n) is 3.88. The molecule has 0 spiro atoms. The third kappa shape index (κ3) is 1.83. The summed E-state index contributed by atoms with van der Waals surface area (Å²) < 4.78 is 0. The molecule has 1 aliphatic carbocycles. The Morgan fingerprint density at radius 2 is 2.38 bits per heavy atom. The number of rotatable bonds is 1. The summed E-state index contributed by atoms with van der Waals surface area (Å²) in [5, 5.41) is 2.10. The highest BCUT2D eigenvalue weighted by Crippen LogP contribution is 2.37. The zero-order valence-corrected chi connectivity index (χ0v) is 8.64. The highest BCUT2D eigenvalue weighted by atomic mass is 32.1. The maximum absolute atomic E-state index is 11.3. The summed E-state index contributed by atoms with van der Waals surface area (Å²) >= 11 is 1.78. The summed E-state index contributed by atoms with van der Waals surface area (Å²) in [7, 11) is 0. The van der Waals surface area contributed by atoms with E-state index in [0.717, 1.165) is 19.3 Å². The second-order valence-corrected chi connectivity index (χ2v) is 4.86. The van der Waals surface area contributed by atoms with Gasteiger partial charge in [-0.1, -0.05) is 13.0 Å². The van der Waals surface area contributed by atoms with Crippen LogP contribution < -0.4 is 0 Å². The Morgan fingerprint density at radius 1 is 1.54 bits per heavy atom. The molecule has 1 fully saturated rings. The van der Waals surface area contributed by atoms with E-state index in [1.165, 1.54) is 4.88 Å². The van der Waals surface area contributed by atoms with Crippen molar-refractivity contribution in [1.82, 2.24) is 0 Å². The van der Waals surface area contributed by atoms with Gasteiger partial charge in [-0.15, -0.1) is 11.3 Å². The van der Waals surface area contributed by atoms with Gasteiger partial charge in [0.25, 0.3) is 0 Å². The van der Waals surface area contributed by atoms with Crippen molar-refractivity contribution in [2.75, 3.05) is 0 Å². The monoisotopic (exact) mass is 194 g/mol. The van der Waals surface area contributed by atoms with E-state index in [0.29, 0.717) is 17.6 Å². The molecule has 0 saturated heterocycles. The Balaban J connectivity index is 2.17. The van der Waals surface area contributed by atoms with Gasteiger partial charge in [0.2, 0.25) is 0 Å². The van der Waals surface area contributed by atoms with E-state index in [-0.39, 0.29) is 0 Å². The van der Waals surface area contributed by atoms with E-state index in [9.17, 15) is 4.79 Å².